The molecule has 0 aromatic rings. The van der Waals surface area contributed by atoms with Crippen molar-refractivity contribution in [3.63, 3.8) is 0 Å². The lowest BCUT2D eigenvalue weighted by molar-refractivity contribution is -0.214. The van der Waals surface area contributed by atoms with Gasteiger partial charge in [0.15, 0.2) is 0 Å². The van der Waals surface area contributed by atoms with Crippen LogP contribution in [0.15, 0.2) is 12.7 Å². The molecular weight excluding hydrogens is 290 g/mol. The highest BCUT2D eigenvalue weighted by atomic mass is 16.6. The molecule has 0 aliphatic heterocycles. The molecule has 128 valence electrons. The van der Waals surface area contributed by atoms with Crippen LogP contribution >= 0.6 is 0 Å². The third-order valence-electron chi connectivity index (χ3n) is 6.14. The quantitative estimate of drug-likeness (QED) is 0.604. The number of hydrogen-bond donors (Lipinski definition) is 1. The summed E-state index contributed by atoms with van der Waals surface area (Å²) in [6.07, 6.45) is 8.37. The highest BCUT2D eigenvalue weighted by Gasteiger charge is 2.59. The molecule has 0 saturated heterocycles. The molecule has 0 unspecified atom stereocenters. The summed E-state index contributed by atoms with van der Waals surface area (Å²) in [5.41, 5.74) is -0.294. The number of rotatable bonds is 6. The lowest BCUT2D eigenvalue weighted by Crippen LogP contribution is -2.60. The summed E-state index contributed by atoms with van der Waals surface area (Å²) in [6.45, 7) is 7.76. The first-order valence-corrected chi connectivity index (χ1v) is 9.05. The molecule has 0 aromatic heterocycles. The average molecular weight is 319 g/mol. The summed E-state index contributed by atoms with van der Waals surface area (Å²) in [5, 5.41) is 2.54. The number of hydrogen-bond acceptors (Lipinski definition) is 3. The largest absolute Gasteiger partial charge is 0.457 e. The summed E-state index contributed by atoms with van der Waals surface area (Å²) >= 11 is 0. The van der Waals surface area contributed by atoms with E-state index in [9.17, 15) is 9.59 Å². The van der Waals surface area contributed by atoms with Gasteiger partial charge in [0.25, 0.3) is 0 Å². The summed E-state index contributed by atoms with van der Waals surface area (Å²) in [4.78, 5) is 23.6. The van der Waals surface area contributed by atoms with Gasteiger partial charge in [-0.25, -0.2) is 0 Å². The first-order valence-electron chi connectivity index (χ1n) is 9.05. The van der Waals surface area contributed by atoms with Crippen LogP contribution in [0.1, 0.15) is 52.4 Å². The monoisotopic (exact) mass is 319 g/mol. The van der Waals surface area contributed by atoms with Crippen LogP contribution in [-0.4, -0.2) is 24.0 Å². The maximum Gasteiger partial charge on any atom is 0.325 e. The average Bonchev–Trinajstić information content (AvgIpc) is 2.48. The van der Waals surface area contributed by atoms with E-state index in [4.69, 9.17) is 4.74 Å². The van der Waals surface area contributed by atoms with Crippen LogP contribution in [0.4, 0.5) is 0 Å². The van der Waals surface area contributed by atoms with E-state index in [1.165, 1.54) is 38.2 Å². The van der Waals surface area contributed by atoms with Crippen LogP contribution < -0.4 is 5.32 Å². The Morgan fingerprint density at radius 2 is 1.74 bits per heavy atom. The van der Waals surface area contributed by atoms with Crippen molar-refractivity contribution < 1.29 is 14.3 Å². The number of ether oxygens (including phenoxy) is 1. The summed E-state index contributed by atoms with van der Waals surface area (Å²) < 4.78 is 6.13. The van der Waals surface area contributed by atoms with Crippen LogP contribution in [0.5, 0.6) is 0 Å². The van der Waals surface area contributed by atoms with E-state index in [2.05, 4.69) is 25.7 Å². The zero-order chi connectivity index (χ0) is 16.6. The van der Waals surface area contributed by atoms with Gasteiger partial charge < -0.3 is 10.1 Å². The number of nitrogens with one attached hydrogen (secondary N) is 1. The molecule has 0 atom stereocenters. The highest BCUT2D eigenvalue weighted by molar-refractivity contribution is 5.89. The summed E-state index contributed by atoms with van der Waals surface area (Å²) in [5.74, 6) is 2.59. The molecule has 0 aromatic carbocycles. The van der Waals surface area contributed by atoms with Gasteiger partial charge in [-0.3, -0.25) is 9.59 Å². The van der Waals surface area contributed by atoms with Crippen molar-refractivity contribution >= 4 is 11.9 Å². The Kier molecular flexibility index (Phi) is 4.52. The molecule has 1 N–H and O–H groups in total. The van der Waals surface area contributed by atoms with Gasteiger partial charge in [-0.2, -0.15) is 0 Å². The maximum absolute atomic E-state index is 12.4. The Morgan fingerprint density at radius 1 is 1.17 bits per heavy atom. The number of carbonyl (C=O) groups excluding carboxylic acids is 2. The first kappa shape index (κ1) is 16.5. The van der Waals surface area contributed by atoms with Crippen LogP contribution in [0.2, 0.25) is 0 Å². The fraction of sp³-hybridized carbons (Fsp3) is 0.789. The van der Waals surface area contributed by atoms with Crippen LogP contribution in [0.25, 0.3) is 0 Å². The normalized spacial score (nSPS) is 37.7. The lowest BCUT2D eigenvalue weighted by atomic mass is 9.48. The second-order valence-electron chi connectivity index (χ2n) is 8.25. The minimum atomic E-state index is -0.329. The minimum Gasteiger partial charge on any atom is -0.457 e. The second-order valence-corrected chi connectivity index (χ2v) is 8.25. The van der Waals surface area contributed by atoms with Crippen molar-refractivity contribution in [3.05, 3.63) is 12.7 Å². The van der Waals surface area contributed by atoms with Gasteiger partial charge in [-0.1, -0.05) is 20.4 Å². The van der Waals surface area contributed by atoms with Gasteiger partial charge in [0.05, 0.1) is 0 Å². The van der Waals surface area contributed by atoms with Crippen LogP contribution in [0, 0.1) is 29.6 Å². The van der Waals surface area contributed by atoms with Gasteiger partial charge in [-0.05, 0) is 74.2 Å². The number of carbonyl (C=O) groups is 2. The molecular formula is C19H29NO3. The molecule has 4 aliphatic carbocycles. The molecule has 4 nitrogen and oxygen atoms in total. The van der Waals surface area contributed by atoms with Crippen molar-refractivity contribution in [1.29, 1.82) is 0 Å². The van der Waals surface area contributed by atoms with Crippen molar-refractivity contribution in [1.82, 2.24) is 5.32 Å². The Labute approximate surface area is 139 Å². The van der Waals surface area contributed by atoms with Gasteiger partial charge in [0, 0.05) is 0 Å². The molecule has 4 bridgehead atoms. The predicted octanol–water partition coefficient (Wildman–Crippen LogP) is 3.07. The van der Waals surface area contributed by atoms with Gasteiger partial charge >= 0.3 is 5.97 Å². The Morgan fingerprint density at radius 3 is 2.22 bits per heavy atom. The van der Waals surface area contributed by atoms with E-state index >= 15 is 0 Å². The molecule has 4 rings (SSSR count). The van der Waals surface area contributed by atoms with E-state index in [1.807, 2.05) is 0 Å². The topological polar surface area (TPSA) is 55.4 Å². The predicted molar refractivity (Wildman–Crippen MR) is 88.5 cm³/mol. The maximum atomic E-state index is 12.4. The summed E-state index contributed by atoms with van der Waals surface area (Å²) in [6, 6.07) is 0. The van der Waals surface area contributed by atoms with E-state index < -0.39 is 0 Å². The highest BCUT2D eigenvalue weighted by Crippen LogP contribution is 2.61. The Hall–Kier alpha value is -1.32. The minimum absolute atomic E-state index is 0.0585. The van der Waals surface area contributed by atoms with E-state index in [-0.39, 0.29) is 24.0 Å². The molecule has 4 saturated carbocycles. The number of esters is 1. The zero-order valence-corrected chi connectivity index (χ0v) is 14.3. The second kappa shape index (κ2) is 6.29. The first-order chi connectivity index (χ1) is 10.9. The zero-order valence-electron chi connectivity index (χ0n) is 14.3. The molecule has 0 spiro atoms. The molecule has 23 heavy (non-hydrogen) atoms. The molecule has 1 amide bonds. The van der Waals surface area contributed by atoms with E-state index in [0.29, 0.717) is 17.8 Å². The Bertz CT molecular complexity index is 469. The van der Waals surface area contributed by atoms with E-state index in [0.717, 1.165) is 18.3 Å². The van der Waals surface area contributed by atoms with E-state index in [1.54, 1.807) is 0 Å². The SMILES string of the molecule is C=CC(=O)NCC(=O)OC1(CC(C)C)C2CC3CC(C2)CC1C3. The van der Waals surface area contributed by atoms with Crippen molar-refractivity contribution in [2.24, 2.45) is 29.6 Å². The molecule has 4 heteroatoms. The molecule has 0 heterocycles. The van der Waals surface area contributed by atoms with Gasteiger partial charge in [0.1, 0.15) is 12.1 Å². The smallest absolute Gasteiger partial charge is 0.325 e. The molecule has 4 fully saturated rings. The van der Waals surface area contributed by atoms with Crippen LogP contribution in [0.3, 0.4) is 0 Å². The third kappa shape index (κ3) is 3.17. The fourth-order valence-corrected chi connectivity index (χ4v) is 5.64. The molecule has 4 aliphatic rings. The fourth-order valence-electron chi connectivity index (χ4n) is 5.64. The standard InChI is InChI=1S/C19H29NO3/c1-4-17(21)20-11-18(22)23-19(10-12(2)3)15-6-13-5-14(8-15)9-16(19)7-13/h4,12-16H,1,5-11H2,2-3H3,(H,20,21). The van der Waals surface area contributed by atoms with Gasteiger partial charge in [0.2, 0.25) is 5.91 Å². The lowest BCUT2D eigenvalue weighted by Gasteiger charge is -2.60. The number of amides is 1. The summed E-state index contributed by atoms with van der Waals surface area (Å²) in [7, 11) is 0. The van der Waals surface area contributed by atoms with Crippen molar-refractivity contribution in [2.45, 2.75) is 58.0 Å². The Balaban J connectivity index is 1.74. The third-order valence-corrected chi connectivity index (χ3v) is 6.14. The van der Waals surface area contributed by atoms with Gasteiger partial charge in [-0.15, -0.1) is 0 Å². The molecule has 0 radical (unpaired) electrons. The van der Waals surface area contributed by atoms with Crippen molar-refractivity contribution in [3.8, 4) is 0 Å². The van der Waals surface area contributed by atoms with Crippen molar-refractivity contribution in [2.75, 3.05) is 6.54 Å². The van der Waals surface area contributed by atoms with Crippen LogP contribution in [-0.2, 0) is 14.3 Å².